The maximum absolute atomic E-state index is 13.1. The van der Waals surface area contributed by atoms with Crippen molar-refractivity contribution >= 4 is 118 Å². The van der Waals surface area contributed by atoms with Gasteiger partial charge in [-0.05, 0) is 262 Å². The molecule has 5 aromatic rings. The molecule has 0 unspecified atom stereocenters. The number of benzene rings is 5. The summed E-state index contributed by atoms with van der Waals surface area (Å²) in [6.07, 6.45) is 10.5. The second kappa shape index (κ2) is 51.4. The first-order valence-electron chi connectivity index (χ1n) is 51.8. The van der Waals surface area contributed by atoms with Crippen molar-refractivity contribution in [1.29, 1.82) is 5.26 Å². The Morgan fingerprint density at radius 1 is 0.405 bits per heavy atom. The van der Waals surface area contributed by atoms with Crippen molar-refractivity contribution in [3.05, 3.63) is 144 Å². The molecule has 44 heteroatoms. The molecule has 0 radical (unpaired) electrons. The number of carbonyl (C=O) groups is 5. The molecule has 12 aliphatic rings. The van der Waals surface area contributed by atoms with Gasteiger partial charge in [0.1, 0.15) is 33.7 Å². The van der Waals surface area contributed by atoms with Gasteiger partial charge in [-0.15, -0.1) is 0 Å². The standard InChI is InChI=1S/C21H31N3O5.C21H33N3O3.C20H30N4O5S.C17H23BrN2O4.C16H21N5O3S.C9H18N2O2/c1-21(2,3)29-20(25)23-10-9-16(15-23)7-8-17-5-4-6-18(19(17)24(26)27)22-11-13-28-14-12-22;1-21(2,3)27-20(25)24-10-9-16(15-24)7-8-17-5-4-6-18(19(17)22)23-11-13-26-14-12-23;1-20(2,3)29-19(25)23-8-7-16(14-23)24-13-15-5-4-6-17(18(15)21-30(24,26)27)22-9-11-28-12-10-22;1-17(2,3)24-16(21)19-10-9-12(11-19)7-8-13-5-4-6-14(18)15(13)20(22)23;17-12-19-5-4-14(11-19)21-10-13-2-1-3-15(16(13)18-25(21,22)23)20-6-8-24-9-7-20;1-9(2,3)13-8(12)11-5-4-7(10)6-11/h4-6,16H,7-15H2,1-3H3;4-6,16H,7-15,22H2,1-3H3;4-6,16,21H,7-14H2,1-3H3;4-6,12H,7-11H2,1-3H3;1-3,14,18H,4-11H2;7H,4-6,10H2,1-3H3/t3*16-;12-;14-;7-/m111111/s1. The Morgan fingerprint density at radius 2 is 0.709 bits per heavy atom. The number of halogens is 1. The molecule has 0 spiro atoms. The van der Waals surface area contributed by atoms with E-state index in [1.807, 2.05) is 174 Å². The quantitative estimate of drug-likeness (QED) is 0.0221. The van der Waals surface area contributed by atoms with Gasteiger partial charge >= 0.3 is 50.9 Å². The van der Waals surface area contributed by atoms with Crippen LogP contribution in [0.1, 0.15) is 189 Å². The summed E-state index contributed by atoms with van der Waals surface area (Å²) in [6, 6.07) is 28.6. The minimum Gasteiger partial charge on any atom is -0.444 e. The predicted octanol–water partition coefficient (Wildman–Crippen LogP) is 15.0. The van der Waals surface area contributed by atoms with Crippen LogP contribution >= 0.6 is 15.9 Å². The van der Waals surface area contributed by atoms with Crippen LogP contribution in [0.25, 0.3) is 0 Å². The van der Waals surface area contributed by atoms with Crippen molar-refractivity contribution in [3.8, 4) is 6.19 Å². The number of nitrogens with one attached hydrogen (secondary N) is 2. The van der Waals surface area contributed by atoms with Crippen LogP contribution in [0.5, 0.6) is 0 Å². The molecule has 6 N–H and O–H groups in total. The van der Waals surface area contributed by atoms with Crippen molar-refractivity contribution in [2.45, 2.75) is 240 Å². The molecular formula is C104H156BrN19O22S2. The van der Waals surface area contributed by atoms with E-state index in [4.69, 9.17) is 59.4 Å². The van der Waals surface area contributed by atoms with E-state index in [1.165, 1.54) is 14.2 Å². The number of nitrogen functional groups attached to an aromatic ring is 1. The van der Waals surface area contributed by atoms with E-state index < -0.39 is 54.5 Å². The maximum atomic E-state index is 13.1. The average Bonchev–Trinajstić information content (AvgIpc) is 1.04. The number of nitro groups is 2. The van der Waals surface area contributed by atoms with Crippen molar-refractivity contribution < 1.29 is 93.3 Å². The van der Waals surface area contributed by atoms with Crippen LogP contribution < -0.4 is 40.5 Å². The number of anilines is 7. The fraction of sp³-hybridized carbons (Fsp3) is 0.654. The summed E-state index contributed by atoms with van der Waals surface area (Å²) in [4.78, 5) is 102. The Morgan fingerprint density at radius 3 is 1.07 bits per heavy atom. The zero-order chi connectivity index (χ0) is 107. The highest BCUT2D eigenvalue weighted by Crippen LogP contribution is 2.43. The molecule has 10 fully saturated rings. The number of ether oxygens (including phenoxy) is 9. The lowest BCUT2D eigenvalue weighted by Crippen LogP contribution is -2.48. The number of para-hydroxylation sites is 5. The zero-order valence-electron chi connectivity index (χ0n) is 88.9. The first kappa shape index (κ1) is 116. The number of hydrogen-bond donors (Lipinski definition) is 4. The lowest BCUT2D eigenvalue weighted by atomic mass is 9.97. The number of nitrogens with zero attached hydrogens (tertiary/aromatic N) is 15. The Bertz CT molecular complexity index is 5630. The fourth-order valence-electron chi connectivity index (χ4n) is 19.8. The van der Waals surface area contributed by atoms with Gasteiger partial charge in [-0.1, -0.05) is 60.7 Å². The molecule has 0 saturated carbocycles. The normalized spacial score (nSPS) is 22.0. The van der Waals surface area contributed by atoms with Crippen LogP contribution in [0.2, 0.25) is 0 Å². The summed E-state index contributed by atoms with van der Waals surface area (Å²) in [5.74, 6) is 1.18. The second-order valence-electron chi connectivity index (χ2n) is 44.4. The van der Waals surface area contributed by atoms with Gasteiger partial charge in [0.2, 0.25) is 0 Å². The third-order valence-electron chi connectivity index (χ3n) is 27.2. The number of nitro benzene ring substituents is 2. The number of fused-ring (bicyclic) bond motifs is 2. The lowest BCUT2D eigenvalue weighted by Gasteiger charge is -2.37. The minimum absolute atomic E-state index is 0.118. The molecule has 12 aliphatic heterocycles. The van der Waals surface area contributed by atoms with E-state index in [9.17, 15) is 61.0 Å². The highest BCUT2D eigenvalue weighted by Gasteiger charge is 2.45. The highest BCUT2D eigenvalue weighted by atomic mass is 79.9. The van der Waals surface area contributed by atoms with E-state index in [0.29, 0.717) is 183 Å². The number of rotatable bonds is 17. The topological polar surface area (TPSA) is 462 Å². The highest BCUT2D eigenvalue weighted by molar-refractivity contribution is 9.10. The van der Waals surface area contributed by atoms with E-state index in [1.54, 1.807) is 36.6 Å². The summed E-state index contributed by atoms with van der Waals surface area (Å²) in [5, 5.41) is 32.1. The van der Waals surface area contributed by atoms with E-state index in [2.05, 4.69) is 64.5 Å². The van der Waals surface area contributed by atoms with Crippen LogP contribution in [-0.4, -0.2) is 325 Å². The third-order valence-corrected chi connectivity index (χ3v) is 30.8. The average molecular weight is 2170 g/mol. The van der Waals surface area contributed by atoms with E-state index >= 15 is 0 Å². The van der Waals surface area contributed by atoms with Crippen molar-refractivity contribution in [1.82, 2.24) is 38.0 Å². The Kier molecular flexibility index (Phi) is 40.2. The summed E-state index contributed by atoms with van der Waals surface area (Å²) in [6.45, 7) is 47.3. The molecule has 6 atom stereocenters. The van der Waals surface area contributed by atoms with Gasteiger partial charge in [0, 0.05) is 173 Å². The van der Waals surface area contributed by atoms with Crippen LogP contribution in [0.15, 0.2) is 95.5 Å². The SMILES string of the molecule is CC(C)(C)OC(=O)N1CC[C@@H](CCc2cccc(Br)c2[N+](=O)[O-])C1.CC(C)(C)OC(=O)N1CC[C@@H](CCc2cccc(N3CCOCC3)c2N)C1.CC(C)(C)OC(=O)N1CC[C@@H](CCc2cccc(N3CCOCC3)c2[N+](=O)[O-])C1.CC(C)(C)OC(=O)N1CC[C@@H](N)C1.CC(C)(C)OC(=O)N1CC[C@@H](N2Cc3cccc(N4CCOCC4)c3NS2(=O)=O)C1.N#CN1CC[C@@H](N2Cc3cccc(N4CCOCC4)c3NS2(=O)=O)C1. The number of amides is 5. The summed E-state index contributed by atoms with van der Waals surface area (Å²) < 4.78 is 110. The Labute approximate surface area is 881 Å². The van der Waals surface area contributed by atoms with Gasteiger partial charge < -0.3 is 103 Å². The monoisotopic (exact) mass is 2170 g/mol. The lowest BCUT2D eigenvalue weighted by molar-refractivity contribution is -0.386. The first-order valence-corrected chi connectivity index (χ1v) is 55.5. The predicted molar refractivity (Wildman–Crippen MR) is 571 cm³/mol. The van der Waals surface area contributed by atoms with Crippen LogP contribution in [-0.2, 0) is 95.4 Å². The molecule has 17 rings (SSSR count). The first-order chi connectivity index (χ1) is 69.8. The van der Waals surface area contributed by atoms with Crippen LogP contribution in [0.3, 0.4) is 0 Å². The third kappa shape index (κ3) is 33.6. The van der Waals surface area contributed by atoms with Gasteiger partial charge in [-0.25, -0.2) is 24.0 Å². The van der Waals surface area contributed by atoms with Gasteiger partial charge in [0.15, 0.2) is 6.19 Å². The summed E-state index contributed by atoms with van der Waals surface area (Å²) in [7, 11) is -7.34. The molecule has 0 aliphatic carbocycles. The van der Waals surface area contributed by atoms with E-state index in [0.717, 1.165) is 168 Å². The molecule has 12 heterocycles. The van der Waals surface area contributed by atoms with Crippen molar-refractivity contribution in [3.63, 3.8) is 0 Å². The zero-order valence-corrected chi connectivity index (χ0v) is 92.1. The van der Waals surface area contributed by atoms with Crippen LogP contribution in [0.4, 0.5) is 75.2 Å². The summed E-state index contributed by atoms with van der Waals surface area (Å²) >= 11 is 3.25. The number of hydrogen-bond acceptors (Lipinski definition) is 30. The fourth-order valence-corrected chi connectivity index (χ4v) is 23.4. The van der Waals surface area contributed by atoms with E-state index in [-0.39, 0.29) is 70.3 Å². The number of morpholine rings is 4. The van der Waals surface area contributed by atoms with Crippen molar-refractivity contribution in [2.75, 3.05) is 219 Å². The molecule has 148 heavy (non-hydrogen) atoms. The van der Waals surface area contributed by atoms with Crippen LogP contribution in [0, 0.1) is 49.4 Å². The molecule has 0 aromatic heterocycles. The molecule has 10 saturated heterocycles. The molecular weight excluding hydrogens is 2010 g/mol. The smallest absolute Gasteiger partial charge is 0.410 e. The minimum atomic E-state index is -3.72. The number of carbonyl (C=O) groups excluding carboxylic acids is 5. The van der Waals surface area contributed by atoms with Gasteiger partial charge in [0.05, 0.1) is 101 Å². The number of likely N-dealkylation sites (tertiary alicyclic amines) is 6. The van der Waals surface area contributed by atoms with Gasteiger partial charge in [0.25, 0.3) is 11.4 Å². The Hall–Kier alpha value is -10.8. The number of nitrogens with two attached hydrogens (primary N) is 2. The molecule has 5 amide bonds. The molecule has 818 valence electrons. The van der Waals surface area contributed by atoms with Crippen molar-refractivity contribution in [2.24, 2.45) is 23.5 Å². The molecule has 0 bridgehead atoms. The molecule has 41 nitrogen and oxygen atoms in total. The summed E-state index contributed by atoms with van der Waals surface area (Å²) in [5.41, 5.74) is 20.5. The van der Waals surface area contributed by atoms with Gasteiger partial charge in [-0.3, -0.25) is 29.7 Å². The second-order valence-corrected chi connectivity index (χ2v) is 48.5. The van der Waals surface area contributed by atoms with Gasteiger partial charge in [-0.2, -0.15) is 30.7 Å². The molecule has 5 aromatic carbocycles. The number of nitriles is 1. The maximum Gasteiger partial charge on any atom is 0.410 e. The Balaban J connectivity index is 0.000000160. The largest absolute Gasteiger partial charge is 0.444 e. The number of aryl methyl sites for hydroxylation is 3.